The molecule has 1 aliphatic rings. The van der Waals surface area contributed by atoms with Crippen LogP contribution in [0.4, 0.5) is 11.5 Å². The normalized spacial score (nSPS) is 12.3. The van der Waals surface area contributed by atoms with Crippen molar-refractivity contribution in [1.29, 1.82) is 0 Å². The number of anilines is 2. The highest BCUT2D eigenvalue weighted by atomic mass is 35.5. The monoisotopic (exact) mass is 396 g/mol. The molecule has 2 aromatic carbocycles. The number of nitrogens with zero attached hydrogens (tertiary/aromatic N) is 2. The molecule has 4 rings (SSSR count). The first-order valence-electron chi connectivity index (χ1n) is 8.70. The zero-order valence-electron chi connectivity index (χ0n) is 14.8. The molecule has 28 heavy (non-hydrogen) atoms. The third-order valence-electron chi connectivity index (χ3n) is 4.08. The van der Waals surface area contributed by atoms with E-state index in [-0.39, 0.29) is 11.6 Å². The SMILES string of the molecule is O=C(Nc1ccc2c(c1)OCCO2)c1ccc(NCc2ccc(Cl)cc2)nn1. The van der Waals surface area contributed by atoms with Crippen molar-refractivity contribution in [2.24, 2.45) is 0 Å². The molecule has 0 aliphatic carbocycles. The lowest BCUT2D eigenvalue weighted by Crippen LogP contribution is -2.17. The quantitative estimate of drug-likeness (QED) is 0.683. The lowest BCUT2D eigenvalue weighted by Gasteiger charge is -2.18. The van der Waals surface area contributed by atoms with E-state index in [9.17, 15) is 4.79 Å². The van der Waals surface area contributed by atoms with Crippen molar-refractivity contribution < 1.29 is 14.3 Å². The maximum atomic E-state index is 12.4. The number of nitrogens with one attached hydrogen (secondary N) is 2. The largest absolute Gasteiger partial charge is 0.486 e. The fraction of sp³-hybridized carbons (Fsp3) is 0.150. The molecule has 142 valence electrons. The number of hydrogen-bond donors (Lipinski definition) is 2. The molecule has 1 amide bonds. The van der Waals surface area contributed by atoms with Gasteiger partial charge in [0.25, 0.3) is 5.91 Å². The first-order chi connectivity index (χ1) is 13.7. The van der Waals surface area contributed by atoms with Crippen molar-refractivity contribution in [2.45, 2.75) is 6.54 Å². The number of fused-ring (bicyclic) bond motifs is 1. The summed E-state index contributed by atoms with van der Waals surface area (Å²) in [6.45, 7) is 1.58. The average Bonchev–Trinajstić information content (AvgIpc) is 2.73. The number of ether oxygens (including phenoxy) is 2. The van der Waals surface area contributed by atoms with E-state index in [0.29, 0.717) is 47.8 Å². The van der Waals surface area contributed by atoms with Gasteiger partial charge in [-0.1, -0.05) is 23.7 Å². The van der Waals surface area contributed by atoms with Crippen LogP contribution >= 0.6 is 11.6 Å². The molecule has 0 radical (unpaired) electrons. The Morgan fingerprint density at radius 2 is 1.75 bits per heavy atom. The van der Waals surface area contributed by atoms with Crippen LogP contribution in [-0.4, -0.2) is 29.3 Å². The third kappa shape index (κ3) is 4.32. The van der Waals surface area contributed by atoms with Gasteiger partial charge in [-0.3, -0.25) is 4.79 Å². The Kier molecular flexibility index (Phi) is 5.25. The number of hydrogen-bond acceptors (Lipinski definition) is 6. The summed E-state index contributed by atoms with van der Waals surface area (Å²) in [4.78, 5) is 12.4. The van der Waals surface area contributed by atoms with Gasteiger partial charge in [0.1, 0.15) is 19.0 Å². The summed E-state index contributed by atoms with van der Waals surface area (Å²) in [5.74, 6) is 1.50. The zero-order chi connectivity index (χ0) is 19.3. The second-order valence-electron chi connectivity index (χ2n) is 6.10. The molecule has 8 heteroatoms. The van der Waals surface area contributed by atoms with Crippen LogP contribution in [0.25, 0.3) is 0 Å². The number of halogens is 1. The molecule has 3 aromatic rings. The number of aromatic nitrogens is 2. The molecule has 0 saturated heterocycles. The smallest absolute Gasteiger partial charge is 0.276 e. The van der Waals surface area contributed by atoms with Gasteiger partial charge >= 0.3 is 0 Å². The van der Waals surface area contributed by atoms with Crippen molar-refractivity contribution in [3.8, 4) is 11.5 Å². The summed E-state index contributed by atoms with van der Waals surface area (Å²) in [6.07, 6.45) is 0. The first kappa shape index (κ1) is 18.1. The fourth-order valence-electron chi connectivity index (χ4n) is 2.66. The predicted octanol–water partition coefficient (Wildman–Crippen LogP) is 3.77. The number of amides is 1. The Balaban J connectivity index is 1.36. The Morgan fingerprint density at radius 1 is 0.964 bits per heavy atom. The molecule has 1 aliphatic heterocycles. The Hall–Kier alpha value is -3.32. The number of rotatable bonds is 5. The van der Waals surface area contributed by atoms with Crippen molar-refractivity contribution in [2.75, 3.05) is 23.8 Å². The van der Waals surface area contributed by atoms with Gasteiger partial charge in [-0.15, -0.1) is 10.2 Å². The van der Waals surface area contributed by atoms with Gasteiger partial charge in [0.2, 0.25) is 0 Å². The first-order valence-corrected chi connectivity index (χ1v) is 9.08. The number of benzene rings is 2. The second kappa shape index (κ2) is 8.14. The molecule has 0 saturated carbocycles. The van der Waals surface area contributed by atoms with E-state index in [0.717, 1.165) is 5.56 Å². The van der Waals surface area contributed by atoms with Crippen molar-refractivity contribution in [3.05, 3.63) is 70.9 Å². The minimum absolute atomic E-state index is 0.215. The standard InChI is InChI=1S/C20H17ClN4O3/c21-14-3-1-13(2-4-14)12-22-19-8-6-16(24-25-19)20(26)23-15-5-7-17-18(11-15)28-10-9-27-17/h1-8,11H,9-10,12H2,(H,22,25)(H,23,26). The molecule has 2 N–H and O–H groups in total. The van der Waals surface area contributed by atoms with Gasteiger partial charge in [-0.25, -0.2) is 0 Å². The summed E-state index contributed by atoms with van der Waals surface area (Å²) in [5, 5.41) is 14.7. The molecule has 0 spiro atoms. The third-order valence-corrected chi connectivity index (χ3v) is 4.34. The van der Waals surface area contributed by atoms with E-state index >= 15 is 0 Å². The maximum Gasteiger partial charge on any atom is 0.276 e. The molecule has 2 heterocycles. The number of carbonyl (C=O) groups excluding carboxylic acids is 1. The van der Waals surface area contributed by atoms with Crippen LogP contribution in [0.15, 0.2) is 54.6 Å². The van der Waals surface area contributed by atoms with E-state index in [2.05, 4.69) is 20.8 Å². The van der Waals surface area contributed by atoms with Crippen LogP contribution in [0, 0.1) is 0 Å². The van der Waals surface area contributed by atoms with E-state index < -0.39 is 0 Å². The minimum atomic E-state index is -0.353. The van der Waals surface area contributed by atoms with Crippen LogP contribution in [0.3, 0.4) is 0 Å². The molecular weight excluding hydrogens is 380 g/mol. The predicted molar refractivity (Wildman–Crippen MR) is 106 cm³/mol. The Morgan fingerprint density at radius 3 is 2.50 bits per heavy atom. The highest BCUT2D eigenvalue weighted by Gasteiger charge is 2.14. The van der Waals surface area contributed by atoms with Crippen LogP contribution in [0.1, 0.15) is 16.1 Å². The van der Waals surface area contributed by atoms with Crippen molar-refractivity contribution in [3.63, 3.8) is 0 Å². The van der Waals surface area contributed by atoms with Crippen LogP contribution in [0.5, 0.6) is 11.5 Å². The van der Waals surface area contributed by atoms with E-state index in [1.807, 2.05) is 24.3 Å². The van der Waals surface area contributed by atoms with E-state index in [1.54, 1.807) is 30.3 Å². The molecule has 0 unspecified atom stereocenters. The fourth-order valence-corrected chi connectivity index (χ4v) is 2.78. The minimum Gasteiger partial charge on any atom is -0.486 e. The van der Waals surface area contributed by atoms with Crippen molar-refractivity contribution >= 4 is 29.0 Å². The van der Waals surface area contributed by atoms with E-state index in [1.165, 1.54) is 0 Å². The van der Waals surface area contributed by atoms with Gasteiger partial charge in [0.05, 0.1) is 0 Å². The topological polar surface area (TPSA) is 85.4 Å². The van der Waals surface area contributed by atoms with Crippen LogP contribution in [-0.2, 0) is 6.54 Å². The molecule has 0 fully saturated rings. The van der Waals surface area contributed by atoms with Gasteiger partial charge < -0.3 is 20.1 Å². The van der Waals surface area contributed by atoms with Gasteiger partial charge in [0.15, 0.2) is 17.2 Å². The van der Waals surface area contributed by atoms with Gasteiger partial charge in [-0.05, 0) is 42.0 Å². The highest BCUT2D eigenvalue weighted by Crippen LogP contribution is 2.32. The maximum absolute atomic E-state index is 12.4. The van der Waals surface area contributed by atoms with Gasteiger partial charge in [0, 0.05) is 23.3 Å². The molecule has 7 nitrogen and oxygen atoms in total. The number of carbonyl (C=O) groups is 1. The molecule has 0 bridgehead atoms. The lowest BCUT2D eigenvalue weighted by molar-refractivity contribution is 0.102. The summed E-state index contributed by atoms with van der Waals surface area (Å²) in [7, 11) is 0. The average molecular weight is 397 g/mol. The zero-order valence-corrected chi connectivity index (χ0v) is 15.6. The second-order valence-corrected chi connectivity index (χ2v) is 6.53. The molecule has 1 aromatic heterocycles. The highest BCUT2D eigenvalue weighted by molar-refractivity contribution is 6.30. The Labute approximate surface area is 166 Å². The van der Waals surface area contributed by atoms with Crippen LogP contribution < -0.4 is 20.1 Å². The van der Waals surface area contributed by atoms with Gasteiger partial charge in [-0.2, -0.15) is 0 Å². The summed E-state index contributed by atoms with van der Waals surface area (Å²) in [5.41, 5.74) is 1.87. The summed E-state index contributed by atoms with van der Waals surface area (Å²) in [6, 6.07) is 16.1. The summed E-state index contributed by atoms with van der Waals surface area (Å²) >= 11 is 5.88. The lowest BCUT2D eigenvalue weighted by atomic mass is 10.2. The molecule has 0 atom stereocenters. The summed E-state index contributed by atoms with van der Waals surface area (Å²) < 4.78 is 11.0. The van der Waals surface area contributed by atoms with Crippen molar-refractivity contribution in [1.82, 2.24) is 10.2 Å². The Bertz CT molecular complexity index is 978. The van der Waals surface area contributed by atoms with Crippen LogP contribution in [0.2, 0.25) is 5.02 Å². The van der Waals surface area contributed by atoms with E-state index in [4.69, 9.17) is 21.1 Å². The molecular formula is C20H17ClN4O3.